The van der Waals surface area contributed by atoms with Crippen LogP contribution in [0.2, 0.25) is 0 Å². The van der Waals surface area contributed by atoms with Crippen molar-refractivity contribution in [2.45, 2.75) is 70.2 Å². The molecule has 5 atom stereocenters. The van der Waals surface area contributed by atoms with Gasteiger partial charge in [0.05, 0.1) is 6.10 Å². The topological polar surface area (TPSA) is 64.1 Å². The summed E-state index contributed by atoms with van der Waals surface area (Å²) in [4.78, 5) is 35.7. The second-order valence-electron chi connectivity index (χ2n) is 9.60. The van der Waals surface area contributed by atoms with E-state index in [1.54, 1.807) is 4.90 Å². The molecule has 1 N–H and O–H groups in total. The molecule has 4 aliphatic rings. The maximum atomic E-state index is 13.6. The van der Waals surface area contributed by atoms with Crippen LogP contribution in [0.25, 0.3) is 0 Å². The molecule has 0 aliphatic carbocycles. The fraction of sp³-hybridized carbons (Fsp3) is 0.739. The largest absolute Gasteiger partial charge is 0.391 e. The minimum atomic E-state index is -0.424. The number of hydrogen-bond acceptors (Lipinski definition) is 5. The van der Waals surface area contributed by atoms with Gasteiger partial charge in [0.2, 0.25) is 11.8 Å². The van der Waals surface area contributed by atoms with Gasteiger partial charge in [-0.15, -0.1) is 11.3 Å². The number of β-amino-alcohol motifs (C(OH)–C–C–N with tert-alkyl or cyclic N) is 1. The summed E-state index contributed by atoms with van der Waals surface area (Å²) in [5, 5.41) is 9.95. The first kappa shape index (κ1) is 20.5. The summed E-state index contributed by atoms with van der Waals surface area (Å²) >= 11 is 1.90. The van der Waals surface area contributed by atoms with Crippen LogP contribution in [-0.2, 0) is 22.6 Å². The molecule has 5 rings (SSSR count). The number of aliphatic hydroxyl groups is 1. The number of piperidine rings is 3. The van der Waals surface area contributed by atoms with Gasteiger partial charge in [0, 0.05) is 60.9 Å². The Labute approximate surface area is 182 Å². The Bertz CT molecular complexity index is 811. The standard InChI is InChI=1S/C23H33N3O3S/c1-2-18-6-7-19(30-18)14-24-11-15-10-16(12-24)22(23(29)25-9-8-17(27)13-25)26-20(15)4-3-5-21(26)28/h6-7,15-17,20,22,27H,2-5,8-14H2,1H3/t15-,16+,17-,20+,22-/m1/s1. The van der Waals surface area contributed by atoms with Gasteiger partial charge in [0.15, 0.2) is 0 Å². The molecule has 0 spiro atoms. The zero-order chi connectivity index (χ0) is 20.8. The van der Waals surface area contributed by atoms with Crippen LogP contribution in [0.3, 0.4) is 0 Å². The fourth-order valence-corrected chi connectivity index (χ4v) is 7.25. The average molecular weight is 432 g/mol. The van der Waals surface area contributed by atoms with Crippen molar-refractivity contribution < 1.29 is 14.7 Å². The van der Waals surface area contributed by atoms with E-state index < -0.39 is 6.10 Å². The van der Waals surface area contributed by atoms with Gasteiger partial charge >= 0.3 is 0 Å². The Kier molecular flexibility index (Phi) is 5.62. The molecule has 0 aromatic carbocycles. The predicted octanol–water partition coefficient (Wildman–Crippen LogP) is 2.11. The van der Waals surface area contributed by atoms with E-state index >= 15 is 0 Å². The number of aliphatic hydroxyl groups excluding tert-OH is 1. The Balaban J connectivity index is 1.39. The lowest BCUT2D eigenvalue weighted by molar-refractivity contribution is -0.165. The van der Waals surface area contributed by atoms with Gasteiger partial charge in [-0.05, 0) is 50.2 Å². The lowest BCUT2D eigenvalue weighted by Crippen LogP contribution is -2.68. The molecule has 0 unspecified atom stereocenters. The van der Waals surface area contributed by atoms with E-state index in [0.29, 0.717) is 31.8 Å². The molecule has 4 saturated heterocycles. The van der Waals surface area contributed by atoms with Gasteiger partial charge in [-0.2, -0.15) is 0 Å². The van der Waals surface area contributed by atoms with Crippen LogP contribution in [-0.4, -0.2) is 76.0 Å². The molecule has 164 valence electrons. The number of aryl methyl sites for hydroxylation is 1. The van der Waals surface area contributed by atoms with Crippen LogP contribution in [0, 0.1) is 11.8 Å². The summed E-state index contributed by atoms with van der Waals surface area (Å²) in [5.41, 5.74) is 0. The third kappa shape index (κ3) is 3.69. The number of carbonyl (C=O) groups excluding carboxylic acids is 2. The molecule has 1 aromatic heterocycles. The second-order valence-corrected chi connectivity index (χ2v) is 10.9. The zero-order valence-electron chi connectivity index (χ0n) is 17.8. The average Bonchev–Trinajstić information content (AvgIpc) is 3.37. The first-order valence-corrected chi connectivity index (χ1v) is 12.4. The summed E-state index contributed by atoms with van der Waals surface area (Å²) in [6, 6.07) is 4.33. The number of thiophene rings is 1. The molecule has 0 saturated carbocycles. The maximum Gasteiger partial charge on any atom is 0.245 e. The molecule has 2 amide bonds. The third-order valence-corrected chi connectivity index (χ3v) is 8.80. The van der Waals surface area contributed by atoms with Crippen molar-refractivity contribution in [3.63, 3.8) is 0 Å². The lowest BCUT2D eigenvalue weighted by atomic mass is 9.71. The number of rotatable bonds is 4. The van der Waals surface area contributed by atoms with E-state index in [4.69, 9.17) is 0 Å². The summed E-state index contributed by atoms with van der Waals surface area (Å²) < 4.78 is 0. The van der Waals surface area contributed by atoms with E-state index in [0.717, 1.165) is 45.3 Å². The molecular weight excluding hydrogens is 398 g/mol. The monoisotopic (exact) mass is 431 g/mol. The molecule has 6 nitrogen and oxygen atoms in total. The second kappa shape index (κ2) is 8.24. The van der Waals surface area contributed by atoms with Gasteiger partial charge < -0.3 is 14.9 Å². The van der Waals surface area contributed by atoms with E-state index in [1.807, 2.05) is 16.2 Å². The van der Waals surface area contributed by atoms with Crippen LogP contribution in [0.5, 0.6) is 0 Å². The minimum Gasteiger partial charge on any atom is -0.391 e. The summed E-state index contributed by atoms with van der Waals surface area (Å²) in [6.07, 6.45) is 4.87. The highest BCUT2D eigenvalue weighted by Crippen LogP contribution is 2.43. The summed E-state index contributed by atoms with van der Waals surface area (Å²) in [5.74, 6) is 0.893. The van der Waals surface area contributed by atoms with Crippen molar-refractivity contribution >= 4 is 23.2 Å². The molecule has 5 heterocycles. The number of hydrogen-bond donors (Lipinski definition) is 1. The first-order valence-electron chi connectivity index (χ1n) is 11.6. The zero-order valence-corrected chi connectivity index (χ0v) is 18.6. The Hall–Kier alpha value is -1.44. The van der Waals surface area contributed by atoms with Crippen LogP contribution in [0.1, 0.15) is 48.8 Å². The smallest absolute Gasteiger partial charge is 0.245 e. The van der Waals surface area contributed by atoms with Gasteiger partial charge in [-0.25, -0.2) is 0 Å². The van der Waals surface area contributed by atoms with Crippen molar-refractivity contribution in [2.75, 3.05) is 26.2 Å². The first-order chi connectivity index (χ1) is 14.5. The van der Waals surface area contributed by atoms with Crippen LogP contribution in [0.15, 0.2) is 12.1 Å². The van der Waals surface area contributed by atoms with E-state index in [-0.39, 0.29) is 29.8 Å². The van der Waals surface area contributed by atoms with Gasteiger partial charge in [0.1, 0.15) is 6.04 Å². The Morgan fingerprint density at radius 1 is 1.17 bits per heavy atom. The molecule has 4 aliphatic heterocycles. The molecule has 1 aromatic rings. The normalized spacial score (nSPS) is 34.3. The van der Waals surface area contributed by atoms with E-state index in [1.165, 1.54) is 9.75 Å². The summed E-state index contributed by atoms with van der Waals surface area (Å²) in [7, 11) is 0. The molecule has 7 heteroatoms. The number of amides is 2. The Morgan fingerprint density at radius 3 is 2.70 bits per heavy atom. The van der Waals surface area contributed by atoms with Crippen molar-refractivity contribution in [3.05, 3.63) is 21.9 Å². The lowest BCUT2D eigenvalue weighted by Gasteiger charge is -2.56. The molecule has 30 heavy (non-hydrogen) atoms. The van der Waals surface area contributed by atoms with Crippen molar-refractivity contribution in [3.8, 4) is 0 Å². The number of fused-ring (bicyclic) bond motifs is 4. The van der Waals surface area contributed by atoms with E-state index in [9.17, 15) is 14.7 Å². The van der Waals surface area contributed by atoms with Crippen molar-refractivity contribution in [1.82, 2.24) is 14.7 Å². The highest BCUT2D eigenvalue weighted by molar-refractivity contribution is 7.11. The maximum absolute atomic E-state index is 13.6. The van der Waals surface area contributed by atoms with Crippen LogP contribution in [0.4, 0.5) is 0 Å². The van der Waals surface area contributed by atoms with Crippen LogP contribution < -0.4 is 0 Å². The fourth-order valence-electron chi connectivity index (χ4n) is 6.25. The van der Waals surface area contributed by atoms with Crippen molar-refractivity contribution in [1.29, 1.82) is 0 Å². The predicted molar refractivity (Wildman–Crippen MR) is 116 cm³/mol. The third-order valence-electron chi connectivity index (χ3n) is 7.59. The number of nitrogens with zero attached hydrogens (tertiary/aromatic N) is 3. The minimum absolute atomic E-state index is 0.0708. The van der Waals surface area contributed by atoms with Crippen molar-refractivity contribution in [2.24, 2.45) is 11.8 Å². The number of likely N-dealkylation sites (tertiary alicyclic amines) is 2. The SMILES string of the molecule is CCc1ccc(CN2C[C@H]3C[C@@H](C2)[C@H](C(=O)N2CC[C@@H](O)C2)N2C(=O)CCC[C@@H]32)s1. The Morgan fingerprint density at radius 2 is 1.97 bits per heavy atom. The molecule has 0 radical (unpaired) electrons. The van der Waals surface area contributed by atoms with Crippen LogP contribution >= 0.6 is 11.3 Å². The van der Waals surface area contributed by atoms with Gasteiger partial charge in [-0.3, -0.25) is 14.5 Å². The molecular formula is C23H33N3O3S. The van der Waals surface area contributed by atoms with Gasteiger partial charge in [0.25, 0.3) is 0 Å². The molecule has 2 bridgehead atoms. The molecule has 4 fully saturated rings. The quantitative estimate of drug-likeness (QED) is 0.793. The summed E-state index contributed by atoms with van der Waals surface area (Å²) in [6.45, 7) is 6.06. The highest BCUT2D eigenvalue weighted by atomic mass is 32.1. The number of carbonyl (C=O) groups is 2. The van der Waals surface area contributed by atoms with E-state index in [2.05, 4.69) is 24.0 Å². The highest BCUT2D eigenvalue weighted by Gasteiger charge is 2.53. The van der Waals surface area contributed by atoms with Gasteiger partial charge in [-0.1, -0.05) is 6.92 Å².